The Hall–Kier alpha value is -8.76. The van der Waals surface area contributed by atoms with Crippen LogP contribution in [0.25, 0.3) is 120 Å². The molecule has 2 heterocycles. The molecule has 0 saturated carbocycles. The molecule has 0 unspecified atom stereocenters. The average molecular weight is 936 g/mol. The van der Waals surface area contributed by atoms with E-state index in [-0.39, 0.29) is 5.41 Å². The Morgan fingerprint density at radius 1 is 0.333 bits per heavy atom. The zero-order valence-electron chi connectivity index (χ0n) is 39.8. The van der Waals surface area contributed by atoms with E-state index in [1.54, 1.807) is 0 Å². The molecule has 0 radical (unpaired) electrons. The van der Waals surface area contributed by atoms with E-state index in [9.17, 15) is 0 Å². The number of para-hydroxylation sites is 2. The van der Waals surface area contributed by atoms with Gasteiger partial charge in [-0.3, -0.25) is 0 Å². The fourth-order valence-corrected chi connectivity index (χ4v) is 13.5. The largest absolute Gasteiger partial charge is 0.455 e. The standard InChI is InChI=1S/C69H45NOS/c1-69(2)62-28-12-10-22-54(62)55-37-35-46(41-63(55)69)70(44-16-4-3-5-17-44)45-33-30-42(31-34-45)47-24-14-26-58-59-39-38-57-52-21-9-8-19-50(52)49-18-6-7-20-51(49)53-36-32-43(40-61(53)65(57)67(59)71-66(47)58)48-25-15-27-60-56-23-11-13-29-64(56)72-68(48)60/h3-41H,1-2H3. The summed E-state index contributed by atoms with van der Waals surface area (Å²) in [5.74, 6) is 0. The zero-order chi connectivity index (χ0) is 47.7. The number of anilines is 3. The van der Waals surface area contributed by atoms with Crippen LogP contribution in [-0.2, 0) is 5.41 Å². The van der Waals surface area contributed by atoms with E-state index < -0.39 is 0 Å². The molecule has 0 spiro atoms. The van der Waals surface area contributed by atoms with E-state index in [2.05, 4.69) is 255 Å². The molecule has 2 nitrogen and oxygen atoms in total. The van der Waals surface area contributed by atoms with Gasteiger partial charge in [-0.05, 0) is 132 Å². The number of fused-ring (bicyclic) bond motifs is 18. The molecule has 0 saturated heterocycles. The molecule has 338 valence electrons. The number of nitrogens with zero attached hydrogens (tertiary/aromatic N) is 1. The number of furan rings is 1. The highest BCUT2D eigenvalue weighted by atomic mass is 32.1. The minimum atomic E-state index is -0.108. The quantitative estimate of drug-likeness (QED) is 0.171. The summed E-state index contributed by atoms with van der Waals surface area (Å²) in [6, 6.07) is 87.3. The van der Waals surface area contributed by atoms with Gasteiger partial charge in [0.05, 0.1) is 0 Å². The van der Waals surface area contributed by atoms with Crippen molar-refractivity contribution in [3.05, 3.63) is 248 Å². The molecule has 0 N–H and O–H groups in total. The van der Waals surface area contributed by atoms with Crippen LogP contribution in [0.1, 0.15) is 25.0 Å². The molecule has 2 aliphatic rings. The third-order valence-electron chi connectivity index (χ3n) is 15.7. The lowest BCUT2D eigenvalue weighted by molar-refractivity contribution is 0.660. The SMILES string of the molecule is CC1(C)c2ccccc2-c2ccc(N(c3ccccc3)c3ccc(-c4cccc5c4oc4c6c(ccc45)-c4ccccc4-c4ccccc4-c4ccc(-c5cccc7c5sc5ccccc57)cc4-6)cc3)cc21. The van der Waals surface area contributed by atoms with Crippen molar-refractivity contribution >= 4 is 70.5 Å². The Morgan fingerprint density at radius 3 is 1.64 bits per heavy atom. The predicted octanol–water partition coefficient (Wildman–Crippen LogP) is 20.0. The minimum Gasteiger partial charge on any atom is -0.455 e. The van der Waals surface area contributed by atoms with Crippen LogP contribution in [0.3, 0.4) is 0 Å². The maximum Gasteiger partial charge on any atom is 0.143 e. The van der Waals surface area contributed by atoms with Crippen LogP contribution in [0.4, 0.5) is 17.1 Å². The molecule has 3 heteroatoms. The van der Waals surface area contributed by atoms with Crippen molar-refractivity contribution in [1.29, 1.82) is 0 Å². The van der Waals surface area contributed by atoms with Gasteiger partial charge < -0.3 is 9.32 Å². The topological polar surface area (TPSA) is 16.4 Å². The summed E-state index contributed by atoms with van der Waals surface area (Å²) in [4.78, 5) is 2.38. The van der Waals surface area contributed by atoms with Gasteiger partial charge in [0.15, 0.2) is 0 Å². The van der Waals surface area contributed by atoms with Crippen LogP contribution in [-0.4, -0.2) is 0 Å². The van der Waals surface area contributed by atoms with Gasteiger partial charge in [-0.2, -0.15) is 0 Å². The lowest BCUT2D eigenvalue weighted by Gasteiger charge is -2.28. The first-order valence-electron chi connectivity index (χ1n) is 24.9. The van der Waals surface area contributed by atoms with E-state index in [4.69, 9.17) is 4.42 Å². The van der Waals surface area contributed by atoms with Gasteiger partial charge in [-0.1, -0.05) is 196 Å². The normalized spacial score (nSPS) is 13.0. The van der Waals surface area contributed by atoms with Crippen molar-refractivity contribution in [2.24, 2.45) is 0 Å². The lowest BCUT2D eigenvalue weighted by atomic mass is 9.79. The highest BCUT2D eigenvalue weighted by Crippen LogP contribution is 2.54. The second kappa shape index (κ2) is 15.6. The Kier molecular flexibility index (Phi) is 8.91. The van der Waals surface area contributed by atoms with Crippen LogP contribution in [0.5, 0.6) is 0 Å². The van der Waals surface area contributed by atoms with Crippen LogP contribution < -0.4 is 4.90 Å². The Labute approximate surface area is 422 Å². The maximum atomic E-state index is 7.45. The summed E-state index contributed by atoms with van der Waals surface area (Å²) in [5.41, 5.74) is 24.5. The van der Waals surface area contributed by atoms with Gasteiger partial charge in [0.25, 0.3) is 0 Å². The fourth-order valence-electron chi connectivity index (χ4n) is 12.3. The second-order valence-corrected chi connectivity index (χ2v) is 21.0. The Balaban J connectivity index is 0.908. The van der Waals surface area contributed by atoms with E-state index in [0.717, 1.165) is 66.8 Å². The predicted molar refractivity (Wildman–Crippen MR) is 305 cm³/mol. The molecule has 0 amide bonds. The number of thiophene rings is 1. The molecule has 0 atom stereocenters. The summed E-state index contributed by atoms with van der Waals surface area (Å²) in [7, 11) is 0. The first-order valence-corrected chi connectivity index (χ1v) is 25.7. The van der Waals surface area contributed by atoms with Crippen molar-refractivity contribution < 1.29 is 4.42 Å². The Bertz CT molecular complexity index is 4360. The third-order valence-corrected chi connectivity index (χ3v) is 16.9. The molecule has 0 fully saturated rings. The van der Waals surface area contributed by atoms with Gasteiger partial charge in [-0.15, -0.1) is 11.3 Å². The molecule has 72 heavy (non-hydrogen) atoms. The van der Waals surface area contributed by atoms with Crippen LogP contribution in [0, 0.1) is 0 Å². The molecule has 0 bridgehead atoms. The minimum absolute atomic E-state index is 0.108. The molecular formula is C69H45NOS. The molecule has 13 aromatic rings. The first kappa shape index (κ1) is 41.1. The van der Waals surface area contributed by atoms with Crippen LogP contribution >= 0.6 is 11.3 Å². The van der Waals surface area contributed by atoms with Crippen molar-refractivity contribution in [2.45, 2.75) is 19.3 Å². The number of benzene rings is 11. The van der Waals surface area contributed by atoms with E-state index in [0.29, 0.717) is 0 Å². The second-order valence-electron chi connectivity index (χ2n) is 19.9. The van der Waals surface area contributed by atoms with Crippen molar-refractivity contribution in [3.8, 4) is 77.9 Å². The summed E-state index contributed by atoms with van der Waals surface area (Å²) in [6.07, 6.45) is 0. The highest BCUT2D eigenvalue weighted by Gasteiger charge is 2.36. The zero-order valence-corrected chi connectivity index (χ0v) is 40.6. The van der Waals surface area contributed by atoms with Gasteiger partial charge in [-0.25, -0.2) is 0 Å². The maximum absolute atomic E-state index is 7.45. The van der Waals surface area contributed by atoms with Crippen LogP contribution in [0.15, 0.2) is 241 Å². The number of rotatable bonds is 5. The Morgan fingerprint density at radius 2 is 0.861 bits per heavy atom. The monoisotopic (exact) mass is 935 g/mol. The van der Waals surface area contributed by atoms with Gasteiger partial charge in [0.1, 0.15) is 11.2 Å². The van der Waals surface area contributed by atoms with E-state index >= 15 is 0 Å². The molecule has 2 aliphatic carbocycles. The molecule has 0 aliphatic heterocycles. The fraction of sp³-hybridized carbons (Fsp3) is 0.0435. The van der Waals surface area contributed by atoms with E-state index in [1.807, 2.05) is 11.3 Å². The molecular weight excluding hydrogens is 891 g/mol. The van der Waals surface area contributed by atoms with Crippen molar-refractivity contribution in [2.75, 3.05) is 4.90 Å². The number of hydrogen-bond donors (Lipinski definition) is 0. The molecule has 11 aromatic carbocycles. The lowest BCUT2D eigenvalue weighted by Crippen LogP contribution is -2.16. The average Bonchev–Trinajstić information content (AvgIpc) is 4.08. The van der Waals surface area contributed by atoms with Crippen LogP contribution in [0.2, 0.25) is 0 Å². The molecule has 15 rings (SSSR count). The summed E-state index contributed by atoms with van der Waals surface area (Å²) >= 11 is 1.88. The summed E-state index contributed by atoms with van der Waals surface area (Å²) < 4.78 is 10.1. The smallest absolute Gasteiger partial charge is 0.143 e. The van der Waals surface area contributed by atoms with E-state index in [1.165, 1.54) is 81.4 Å². The third kappa shape index (κ3) is 6.01. The van der Waals surface area contributed by atoms with Crippen molar-refractivity contribution in [1.82, 2.24) is 0 Å². The van der Waals surface area contributed by atoms with Crippen molar-refractivity contribution in [3.63, 3.8) is 0 Å². The first-order chi connectivity index (χ1) is 35.5. The van der Waals surface area contributed by atoms with Gasteiger partial charge in [0, 0.05) is 64.5 Å². The summed E-state index contributed by atoms with van der Waals surface area (Å²) in [5, 5.41) is 4.81. The van der Waals surface area contributed by atoms with Gasteiger partial charge >= 0.3 is 0 Å². The molecule has 2 aromatic heterocycles. The highest BCUT2D eigenvalue weighted by molar-refractivity contribution is 7.26. The van der Waals surface area contributed by atoms with Gasteiger partial charge in [0.2, 0.25) is 0 Å². The number of hydrogen-bond acceptors (Lipinski definition) is 3. The summed E-state index contributed by atoms with van der Waals surface area (Å²) in [6.45, 7) is 4.70.